The van der Waals surface area contributed by atoms with Gasteiger partial charge in [0.2, 0.25) is 0 Å². The van der Waals surface area contributed by atoms with Gasteiger partial charge in [-0.3, -0.25) is 0 Å². The minimum absolute atomic E-state index is 0.641. The number of alkyl halides is 1. The van der Waals surface area contributed by atoms with E-state index >= 15 is 0 Å². The molecule has 1 unspecified atom stereocenters. The van der Waals surface area contributed by atoms with Gasteiger partial charge in [0.15, 0.2) is 0 Å². The third kappa shape index (κ3) is 4.64. The van der Waals surface area contributed by atoms with Crippen LogP contribution in [0.5, 0.6) is 0 Å². The molecule has 0 radical (unpaired) electrons. The molecule has 0 N–H and O–H groups in total. The largest absolute Gasteiger partial charge is 0.246 e. The number of aryl methyl sites for hydroxylation is 3. The molecule has 86 valence electrons. The lowest BCUT2D eigenvalue weighted by atomic mass is 10.1. The highest BCUT2D eigenvalue weighted by Crippen LogP contribution is 2.22. The van der Waals surface area contributed by atoms with Crippen LogP contribution in [0.2, 0.25) is 0 Å². The van der Waals surface area contributed by atoms with Crippen molar-refractivity contribution in [3.8, 4) is 0 Å². The highest BCUT2D eigenvalue weighted by Gasteiger charge is 2.09. The number of hydrogen-bond donors (Lipinski definition) is 0. The van der Waals surface area contributed by atoms with Crippen LogP contribution in [0.25, 0.3) is 0 Å². The molecule has 0 spiro atoms. The van der Waals surface area contributed by atoms with Crippen molar-refractivity contribution in [1.29, 1.82) is 0 Å². The van der Waals surface area contributed by atoms with Gasteiger partial charge in [0, 0.05) is 16.1 Å². The summed E-state index contributed by atoms with van der Waals surface area (Å²) < 4.78 is 0. The molecule has 3 heteroatoms. The Hall–Kier alpha value is 0.110. The maximum Gasteiger partial charge on any atom is 0.0931 e. The van der Waals surface area contributed by atoms with E-state index in [9.17, 15) is 0 Å². The van der Waals surface area contributed by atoms with Crippen molar-refractivity contribution in [2.24, 2.45) is 5.92 Å². The summed E-state index contributed by atoms with van der Waals surface area (Å²) in [7, 11) is 0. The Morgan fingerprint density at radius 3 is 2.47 bits per heavy atom. The molecule has 0 aliphatic heterocycles. The third-order valence-electron chi connectivity index (χ3n) is 2.47. The number of hydrogen-bond acceptors (Lipinski definition) is 2. The molecule has 0 saturated carbocycles. The highest BCUT2D eigenvalue weighted by molar-refractivity contribution is 9.09. The molecule has 1 rings (SSSR count). The van der Waals surface area contributed by atoms with E-state index in [0.29, 0.717) is 4.83 Å². The second kappa shape index (κ2) is 6.00. The fourth-order valence-electron chi connectivity index (χ4n) is 1.56. The Kier molecular flexibility index (Phi) is 5.27. The van der Waals surface area contributed by atoms with Crippen molar-refractivity contribution in [2.45, 2.75) is 51.8 Å². The molecule has 0 aromatic carbocycles. The minimum atomic E-state index is 0.641. The molecular weight excluding hydrogens is 270 g/mol. The van der Waals surface area contributed by atoms with Crippen LogP contribution < -0.4 is 0 Å². The van der Waals surface area contributed by atoms with Crippen LogP contribution in [0.3, 0.4) is 0 Å². The number of rotatable bonds is 5. The zero-order valence-electron chi connectivity index (χ0n) is 10.0. The van der Waals surface area contributed by atoms with Crippen molar-refractivity contribution >= 4 is 27.3 Å². The quantitative estimate of drug-likeness (QED) is 0.727. The van der Waals surface area contributed by atoms with E-state index in [2.05, 4.69) is 48.6 Å². The molecular formula is C12H20BrNS. The van der Waals surface area contributed by atoms with Gasteiger partial charge >= 0.3 is 0 Å². The smallest absolute Gasteiger partial charge is 0.0931 e. The molecule has 1 aromatic rings. The summed E-state index contributed by atoms with van der Waals surface area (Å²) in [5.41, 5.74) is 1.20. The van der Waals surface area contributed by atoms with Crippen LogP contribution in [0.1, 0.15) is 42.3 Å². The van der Waals surface area contributed by atoms with Gasteiger partial charge in [-0.05, 0) is 32.6 Å². The Bertz CT molecular complexity index is 287. The first-order chi connectivity index (χ1) is 6.99. The van der Waals surface area contributed by atoms with Gasteiger partial charge in [-0.1, -0.05) is 29.8 Å². The standard InChI is InChI=1S/C12H20BrNS/c1-8(2)7-11(13)5-6-12-14-9(3)10(4)15-12/h8,11H,5-7H2,1-4H3. The first kappa shape index (κ1) is 13.2. The number of aromatic nitrogens is 1. The number of nitrogens with zero attached hydrogens (tertiary/aromatic N) is 1. The van der Waals surface area contributed by atoms with Crippen molar-refractivity contribution in [2.75, 3.05) is 0 Å². The second-order valence-corrected chi connectivity index (χ2v) is 7.10. The zero-order valence-corrected chi connectivity index (χ0v) is 12.4. The second-order valence-electron chi connectivity index (χ2n) is 4.51. The summed E-state index contributed by atoms with van der Waals surface area (Å²) in [6.07, 6.45) is 3.57. The van der Waals surface area contributed by atoms with Gasteiger partial charge in [0.1, 0.15) is 0 Å². The van der Waals surface area contributed by atoms with Crippen molar-refractivity contribution in [3.63, 3.8) is 0 Å². The molecule has 0 amide bonds. The van der Waals surface area contributed by atoms with E-state index in [1.54, 1.807) is 0 Å². The molecule has 1 nitrogen and oxygen atoms in total. The Balaban J connectivity index is 2.36. The van der Waals surface area contributed by atoms with Crippen LogP contribution in [-0.4, -0.2) is 9.81 Å². The summed E-state index contributed by atoms with van der Waals surface area (Å²) in [6, 6.07) is 0. The molecule has 0 fully saturated rings. The lowest BCUT2D eigenvalue weighted by Crippen LogP contribution is -2.04. The monoisotopic (exact) mass is 289 g/mol. The Labute approximate surface area is 105 Å². The van der Waals surface area contributed by atoms with Gasteiger partial charge in [-0.2, -0.15) is 0 Å². The van der Waals surface area contributed by atoms with Gasteiger partial charge in [-0.25, -0.2) is 4.98 Å². The Morgan fingerprint density at radius 2 is 2.00 bits per heavy atom. The van der Waals surface area contributed by atoms with Crippen molar-refractivity contribution in [3.05, 3.63) is 15.6 Å². The first-order valence-corrected chi connectivity index (χ1v) is 7.29. The zero-order chi connectivity index (χ0) is 11.4. The molecule has 1 atom stereocenters. The molecule has 1 aromatic heterocycles. The van der Waals surface area contributed by atoms with Crippen LogP contribution in [0.15, 0.2) is 0 Å². The third-order valence-corrected chi connectivity index (χ3v) is 4.44. The molecule has 1 heterocycles. The molecule has 0 saturated heterocycles. The number of thiazole rings is 1. The average molecular weight is 290 g/mol. The van der Waals surface area contributed by atoms with Crippen LogP contribution >= 0.6 is 27.3 Å². The van der Waals surface area contributed by atoms with Crippen molar-refractivity contribution in [1.82, 2.24) is 4.98 Å². The maximum absolute atomic E-state index is 4.56. The summed E-state index contributed by atoms with van der Waals surface area (Å²) in [5, 5.41) is 1.29. The van der Waals surface area contributed by atoms with Crippen molar-refractivity contribution < 1.29 is 0 Å². The van der Waals surface area contributed by atoms with Crippen LogP contribution in [0, 0.1) is 19.8 Å². The SMILES string of the molecule is Cc1nc(CCC(Br)CC(C)C)sc1C. The highest BCUT2D eigenvalue weighted by atomic mass is 79.9. The summed E-state index contributed by atoms with van der Waals surface area (Å²) in [6.45, 7) is 8.78. The van der Waals surface area contributed by atoms with Crippen LogP contribution in [-0.2, 0) is 6.42 Å². The maximum atomic E-state index is 4.56. The molecule has 0 aliphatic rings. The van der Waals surface area contributed by atoms with E-state index in [0.717, 1.165) is 12.3 Å². The fourth-order valence-corrected chi connectivity index (χ4v) is 3.48. The first-order valence-electron chi connectivity index (χ1n) is 5.56. The summed E-state index contributed by atoms with van der Waals surface area (Å²) >= 11 is 5.58. The molecule has 0 bridgehead atoms. The molecule has 0 aliphatic carbocycles. The van der Waals surface area contributed by atoms with Gasteiger partial charge in [0.05, 0.1) is 10.7 Å². The predicted molar refractivity (Wildman–Crippen MR) is 72.1 cm³/mol. The Morgan fingerprint density at radius 1 is 1.33 bits per heavy atom. The van der Waals surface area contributed by atoms with E-state index in [4.69, 9.17) is 0 Å². The normalized spacial score (nSPS) is 13.5. The van der Waals surface area contributed by atoms with Gasteiger partial charge in [0.25, 0.3) is 0 Å². The van der Waals surface area contributed by atoms with E-state index < -0.39 is 0 Å². The van der Waals surface area contributed by atoms with E-state index in [1.165, 1.54) is 28.4 Å². The average Bonchev–Trinajstić information content (AvgIpc) is 2.42. The molecule has 15 heavy (non-hydrogen) atoms. The predicted octanol–water partition coefficient (Wildman–Crippen LogP) is 4.50. The van der Waals surface area contributed by atoms with E-state index in [-0.39, 0.29) is 0 Å². The number of halogens is 1. The summed E-state index contributed by atoms with van der Waals surface area (Å²) in [4.78, 5) is 6.56. The lowest BCUT2D eigenvalue weighted by molar-refractivity contribution is 0.554. The lowest BCUT2D eigenvalue weighted by Gasteiger charge is -2.10. The van der Waals surface area contributed by atoms with Gasteiger partial charge in [-0.15, -0.1) is 11.3 Å². The topological polar surface area (TPSA) is 12.9 Å². The van der Waals surface area contributed by atoms with E-state index in [1.807, 2.05) is 11.3 Å². The minimum Gasteiger partial charge on any atom is -0.246 e. The van der Waals surface area contributed by atoms with Gasteiger partial charge < -0.3 is 0 Å². The summed E-state index contributed by atoms with van der Waals surface area (Å²) in [5.74, 6) is 0.772. The fraction of sp³-hybridized carbons (Fsp3) is 0.750. The van der Waals surface area contributed by atoms with Crippen LogP contribution in [0.4, 0.5) is 0 Å².